The van der Waals surface area contributed by atoms with E-state index in [1.807, 2.05) is 0 Å². The van der Waals surface area contributed by atoms with Gasteiger partial charge in [0.15, 0.2) is 10.9 Å². The number of benzene rings is 1. The van der Waals surface area contributed by atoms with Crippen LogP contribution in [0.4, 0.5) is 8.78 Å². The molecule has 4 aliphatic heterocycles. The first-order chi connectivity index (χ1) is 19.2. The van der Waals surface area contributed by atoms with Gasteiger partial charge in [-0.05, 0) is 81.4 Å². The van der Waals surface area contributed by atoms with E-state index < -0.39 is 23.7 Å². The molecule has 1 aromatic heterocycles. The third-order valence-corrected chi connectivity index (χ3v) is 9.17. The zero-order chi connectivity index (χ0) is 28.0. The minimum Gasteiger partial charge on any atom is -0.489 e. The first kappa shape index (κ1) is 27.1. The number of aryl methyl sites for hydroxylation is 1. The number of halogens is 3. The van der Waals surface area contributed by atoms with E-state index in [4.69, 9.17) is 16.3 Å². The van der Waals surface area contributed by atoms with E-state index in [0.717, 1.165) is 68.4 Å². The average Bonchev–Trinajstić information content (AvgIpc) is 3.43. The highest BCUT2D eigenvalue weighted by atomic mass is 35.5. The molecule has 0 saturated carbocycles. The molecular weight excluding hydrogens is 542 g/mol. The second kappa shape index (κ2) is 10.7. The van der Waals surface area contributed by atoms with Gasteiger partial charge in [0.05, 0.1) is 6.61 Å². The molecule has 2 fully saturated rings. The highest BCUT2D eigenvalue weighted by Crippen LogP contribution is 2.48. The van der Waals surface area contributed by atoms with Gasteiger partial charge in [-0.3, -0.25) is 19.7 Å². The van der Waals surface area contributed by atoms with Crippen molar-refractivity contribution in [2.45, 2.75) is 69.4 Å². The van der Waals surface area contributed by atoms with Crippen LogP contribution in [-0.2, 0) is 28.0 Å². The highest BCUT2D eigenvalue weighted by Gasteiger charge is 2.45. The molecule has 4 aliphatic rings. The van der Waals surface area contributed by atoms with Crippen LogP contribution in [0, 0.1) is 11.8 Å². The Labute approximate surface area is 236 Å². The van der Waals surface area contributed by atoms with Gasteiger partial charge < -0.3 is 14.5 Å². The Morgan fingerprint density at radius 3 is 2.67 bits per heavy atom. The van der Waals surface area contributed by atoms with Crippen molar-refractivity contribution >= 4 is 29.3 Å². The van der Waals surface area contributed by atoms with Crippen molar-refractivity contribution in [1.29, 1.82) is 0 Å². The van der Waals surface area contributed by atoms with Crippen LogP contribution in [0.25, 0.3) is 0 Å². The van der Waals surface area contributed by atoms with E-state index in [-0.39, 0.29) is 41.8 Å². The quantitative estimate of drug-likeness (QED) is 0.307. The number of piperidine rings is 2. The molecule has 3 amide bonds. The number of carbonyl (C=O) groups excluding carboxylic acids is 3. The fourth-order valence-electron chi connectivity index (χ4n) is 6.66. The van der Waals surface area contributed by atoms with Crippen LogP contribution in [0.3, 0.4) is 0 Å². The molecular formula is C29H31ClF2N4O4. The van der Waals surface area contributed by atoms with Crippen LogP contribution in [-0.4, -0.2) is 64.8 Å². The van der Waals surface area contributed by atoms with E-state index in [1.165, 1.54) is 23.1 Å². The number of hydrogen-bond acceptors (Lipinski definition) is 6. The number of ether oxygens (including phenoxy) is 1. The average molecular weight is 573 g/mol. The first-order valence-corrected chi connectivity index (χ1v) is 14.3. The number of likely N-dealkylation sites (tertiary alicyclic amines) is 1. The maximum absolute atomic E-state index is 14.4. The van der Waals surface area contributed by atoms with Crippen molar-refractivity contribution in [3.05, 3.63) is 57.4 Å². The van der Waals surface area contributed by atoms with E-state index in [9.17, 15) is 23.2 Å². The first-order valence-electron chi connectivity index (χ1n) is 13.9. The van der Waals surface area contributed by atoms with Crippen molar-refractivity contribution in [2.24, 2.45) is 0 Å². The number of pyridine rings is 1. The van der Waals surface area contributed by atoms with Crippen molar-refractivity contribution in [2.75, 3.05) is 26.2 Å². The summed E-state index contributed by atoms with van der Waals surface area (Å²) < 4.78 is 34.2. The molecule has 1 spiro atoms. The van der Waals surface area contributed by atoms with Gasteiger partial charge in [-0.25, -0.2) is 9.37 Å². The summed E-state index contributed by atoms with van der Waals surface area (Å²) in [5.74, 6) is -1.68. The Kier molecular flexibility index (Phi) is 7.25. The Morgan fingerprint density at radius 2 is 1.90 bits per heavy atom. The van der Waals surface area contributed by atoms with Crippen LogP contribution in [0.15, 0.2) is 18.2 Å². The summed E-state index contributed by atoms with van der Waals surface area (Å²) in [4.78, 5) is 44.4. The molecule has 212 valence electrons. The lowest BCUT2D eigenvalue weighted by molar-refractivity contribution is -0.136. The van der Waals surface area contributed by atoms with Crippen LogP contribution in [0.5, 0.6) is 5.75 Å². The van der Waals surface area contributed by atoms with Gasteiger partial charge >= 0.3 is 0 Å². The predicted molar refractivity (Wildman–Crippen MR) is 142 cm³/mol. The SMILES string of the molecule is O=C1CCC(N2Cc3c(CCCCCN4CCC5(CC4)COc4c5cc(F)nc4Cl)cc(F)cc3C2=O)C(=O)N1. The zero-order valence-corrected chi connectivity index (χ0v) is 22.9. The van der Waals surface area contributed by atoms with Crippen molar-refractivity contribution < 1.29 is 27.9 Å². The van der Waals surface area contributed by atoms with Gasteiger partial charge in [0, 0.05) is 35.6 Å². The lowest BCUT2D eigenvalue weighted by Gasteiger charge is -2.38. The summed E-state index contributed by atoms with van der Waals surface area (Å²) in [5.41, 5.74) is 2.52. The van der Waals surface area contributed by atoms with E-state index in [2.05, 4.69) is 15.2 Å². The number of nitrogens with one attached hydrogen (secondary N) is 1. The lowest BCUT2D eigenvalue weighted by Crippen LogP contribution is -2.52. The number of aromatic nitrogens is 1. The van der Waals surface area contributed by atoms with Crippen molar-refractivity contribution in [3.8, 4) is 5.75 Å². The van der Waals surface area contributed by atoms with Gasteiger partial charge in [-0.2, -0.15) is 4.39 Å². The van der Waals surface area contributed by atoms with Gasteiger partial charge in [-0.15, -0.1) is 0 Å². The summed E-state index contributed by atoms with van der Waals surface area (Å²) in [6.07, 6.45) is 5.64. The standard InChI is InChI=1S/C29H31ClF2N4O4/c30-26-25-21(14-23(32)33-26)29(16-40-25)7-10-35(11-8-29)9-3-1-2-4-17-12-18(31)13-19-20(17)15-36(28(19)39)22-5-6-24(37)34-27(22)38/h12-14,22H,1-11,15-16H2,(H,34,37,38). The van der Waals surface area contributed by atoms with E-state index >= 15 is 0 Å². The molecule has 6 rings (SSSR count). The number of hydrogen-bond donors (Lipinski definition) is 1. The minimum absolute atomic E-state index is 0.0892. The summed E-state index contributed by atoms with van der Waals surface area (Å²) in [5, 5.41) is 2.39. The molecule has 11 heteroatoms. The normalized spacial score (nSPS) is 21.9. The summed E-state index contributed by atoms with van der Waals surface area (Å²) >= 11 is 6.10. The van der Waals surface area contributed by atoms with E-state index in [0.29, 0.717) is 24.3 Å². The second-order valence-corrected chi connectivity index (χ2v) is 11.7. The van der Waals surface area contributed by atoms with E-state index in [1.54, 1.807) is 0 Å². The number of unbranched alkanes of at least 4 members (excludes halogenated alkanes) is 2. The zero-order valence-electron chi connectivity index (χ0n) is 22.1. The van der Waals surface area contributed by atoms with Gasteiger partial charge in [0.2, 0.25) is 17.8 Å². The van der Waals surface area contributed by atoms with Crippen LogP contribution in [0.1, 0.15) is 72.0 Å². The third-order valence-electron chi connectivity index (χ3n) is 8.91. The number of fused-ring (bicyclic) bond motifs is 3. The fourth-order valence-corrected chi connectivity index (χ4v) is 6.90. The topological polar surface area (TPSA) is 91.8 Å². The summed E-state index contributed by atoms with van der Waals surface area (Å²) in [7, 11) is 0. The van der Waals surface area contributed by atoms with Crippen LogP contribution >= 0.6 is 11.6 Å². The molecule has 1 aromatic carbocycles. The van der Waals surface area contributed by atoms with Crippen LogP contribution in [0.2, 0.25) is 5.15 Å². The van der Waals surface area contributed by atoms with Crippen molar-refractivity contribution in [3.63, 3.8) is 0 Å². The molecule has 0 radical (unpaired) electrons. The number of nitrogens with zero attached hydrogens (tertiary/aromatic N) is 3. The molecule has 2 aromatic rings. The number of carbonyl (C=O) groups is 3. The summed E-state index contributed by atoms with van der Waals surface area (Å²) in [6, 6.07) is 3.50. The third kappa shape index (κ3) is 4.96. The van der Waals surface area contributed by atoms with Crippen molar-refractivity contribution in [1.82, 2.24) is 20.1 Å². The predicted octanol–water partition coefficient (Wildman–Crippen LogP) is 3.91. The van der Waals surface area contributed by atoms with Gasteiger partial charge in [-0.1, -0.05) is 18.0 Å². The van der Waals surface area contributed by atoms with Gasteiger partial charge in [0.1, 0.15) is 11.9 Å². The Hall–Kier alpha value is -3.11. The molecule has 5 heterocycles. The Bertz CT molecular complexity index is 1380. The second-order valence-electron chi connectivity index (χ2n) is 11.3. The number of amides is 3. The lowest BCUT2D eigenvalue weighted by atomic mass is 9.74. The molecule has 0 bridgehead atoms. The van der Waals surface area contributed by atoms with Gasteiger partial charge in [0.25, 0.3) is 5.91 Å². The largest absolute Gasteiger partial charge is 0.489 e. The molecule has 2 saturated heterocycles. The minimum atomic E-state index is -0.714. The molecule has 1 N–H and O–H groups in total. The molecule has 8 nitrogen and oxygen atoms in total. The molecule has 40 heavy (non-hydrogen) atoms. The molecule has 1 atom stereocenters. The Morgan fingerprint density at radius 1 is 1.10 bits per heavy atom. The highest BCUT2D eigenvalue weighted by molar-refractivity contribution is 6.31. The summed E-state index contributed by atoms with van der Waals surface area (Å²) in [6.45, 7) is 3.48. The monoisotopic (exact) mass is 572 g/mol. The maximum Gasteiger partial charge on any atom is 0.255 e. The molecule has 0 aliphatic carbocycles. The molecule has 1 unspecified atom stereocenters. The van der Waals surface area contributed by atoms with Crippen LogP contribution < -0.4 is 10.1 Å². The number of rotatable bonds is 7. The fraction of sp³-hybridized carbons (Fsp3) is 0.517. The maximum atomic E-state index is 14.4. The smallest absolute Gasteiger partial charge is 0.255 e. The number of imide groups is 1. The Balaban J connectivity index is 0.999.